The van der Waals surface area contributed by atoms with E-state index in [2.05, 4.69) is 15.1 Å². The average Bonchev–Trinajstić information content (AvgIpc) is 2.67. The van der Waals surface area contributed by atoms with Crippen molar-refractivity contribution >= 4 is 28.6 Å². The average molecular weight is 265 g/mol. The highest BCUT2D eigenvalue weighted by Crippen LogP contribution is 2.28. The van der Waals surface area contributed by atoms with Crippen LogP contribution in [0.2, 0.25) is 0 Å². The zero-order chi connectivity index (χ0) is 13.3. The lowest BCUT2D eigenvalue weighted by molar-refractivity contribution is -0.123. The first-order valence-corrected chi connectivity index (χ1v) is 6.61. The number of fused-ring (bicyclic) bond motifs is 1. The second kappa shape index (κ2) is 4.68. The van der Waals surface area contributed by atoms with Gasteiger partial charge in [-0.05, 0) is 6.92 Å². The summed E-state index contributed by atoms with van der Waals surface area (Å²) in [6.07, 6.45) is 1.43. The first-order valence-electron chi connectivity index (χ1n) is 5.62. The molecular formula is C12H15N3O2S. The minimum Gasteiger partial charge on any atom is -0.335 e. The Kier molecular flexibility index (Phi) is 3.38. The Hall–Kier alpha value is -1.43. The summed E-state index contributed by atoms with van der Waals surface area (Å²) >= 11 is 1.40. The van der Waals surface area contributed by atoms with Gasteiger partial charge in [0.15, 0.2) is 0 Å². The summed E-state index contributed by atoms with van der Waals surface area (Å²) in [6, 6.07) is 0. The molecule has 0 bridgehead atoms. The molecule has 0 aliphatic carbocycles. The summed E-state index contributed by atoms with van der Waals surface area (Å²) in [6.45, 7) is 7.58. The maximum atomic E-state index is 11.9. The van der Waals surface area contributed by atoms with Crippen molar-refractivity contribution in [2.24, 2.45) is 5.41 Å². The lowest BCUT2D eigenvalue weighted by Gasteiger charge is -2.15. The Balaban J connectivity index is 2.22. The van der Waals surface area contributed by atoms with Crippen molar-refractivity contribution in [3.63, 3.8) is 0 Å². The van der Waals surface area contributed by atoms with Crippen LogP contribution in [-0.4, -0.2) is 26.7 Å². The van der Waals surface area contributed by atoms with Crippen LogP contribution in [0.4, 0.5) is 0 Å². The Morgan fingerprint density at radius 2 is 2.11 bits per heavy atom. The number of nitrogens with zero attached hydrogens (tertiary/aromatic N) is 3. The van der Waals surface area contributed by atoms with E-state index in [9.17, 15) is 4.79 Å². The Morgan fingerprint density at radius 3 is 2.78 bits per heavy atom. The van der Waals surface area contributed by atoms with E-state index in [0.29, 0.717) is 11.5 Å². The first-order chi connectivity index (χ1) is 8.39. The number of hydrogen-bond acceptors (Lipinski definition) is 6. The van der Waals surface area contributed by atoms with Crippen LogP contribution in [0.1, 0.15) is 26.5 Å². The predicted molar refractivity (Wildman–Crippen MR) is 69.5 cm³/mol. The van der Waals surface area contributed by atoms with E-state index in [-0.39, 0.29) is 11.2 Å². The van der Waals surface area contributed by atoms with E-state index < -0.39 is 0 Å². The number of carbonyl (C=O) groups is 1. The number of thioether (sulfide) groups is 1. The van der Waals surface area contributed by atoms with Gasteiger partial charge in [0.2, 0.25) is 0 Å². The highest BCUT2D eigenvalue weighted by atomic mass is 32.2. The minimum atomic E-state index is -0.331. The van der Waals surface area contributed by atoms with Gasteiger partial charge in [-0.25, -0.2) is 4.98 Å². The monoisotopic (exact) mass is 265 g/mol. The van der Waals surface area contributed by atoms with Gasteiger partial charge in [-0.1, -0.05) is 37.7 Å². The lowest BCUT2D eigenvalue weighted by Crippen LogP contribution is -2.22. The molecule has 0 amide bonds. The Morgan fingerprint density at radius 1 is 1.39 bits per heavy atom. The molecule has 0 radical (unpaired) electrons. The van der Waals surface area contributed by atoms with Crippen molar-refractivity contribution < 1.29 is 9.32 Å². The summed E-state index contributed by atoms with van der Waals surface area (Å²) in [7, 11) is 0. The molecule has 6 heteroatoms. The number of ketones is 1. The van der Waals surface area contributed by atoms with Crippen molar-refractivity contribution in [1.29, 1.82) is 0 Å². The largest absolute Gasteiger partial charge is 0.335 e. The Labute approximate surface area is 109 Å². The van der Waals surface area contributed by atoms with Crippen molar-refractivity contribution in [3.8, 4) is 0 Å². The standard InChI is InChI=1S/C12H15N3O2S/c1-7-9-10(17-15-7)13-6-14-11(9)18-5-8(16)12(2,3)4/h6H,5H2,1-4H3. The molecule has 0 unspecified atom stereocenters. The molecule has 0 aliphatic heterocycles. The van der Waals surface area contributed by atoms with Crippen LogP contribution in [-0.2, 0) is 4.79 Å². The second-order valence-corrected chi connectivity index (χ2v) is 6.05. The summed E-state index contributed by atoms with van der Waals surface area (Å²) in [5.74, 6) is 0.577. The number of aromatic nitrogens is 3. The van der Waals surface area contributed by atoms with E-state index in [1.54, 1.807) is 0 Å². The fraction of sp³-hybridized carbons (Fsp3) is 0.500. The molecule has 0 N–H and O–H groups in total. The van der Waals surface area contributed by atoms with Gasteiger partial charge in [-0.3, -0.25) is 4.79 Å². The summed E-state index contributed by atoms with van der Waals surface area (Å²) in [4.78, 5) is 20.1. The molecule has 0 aromatic carbocycles. The third-order valence-electron chi connectivity index (χ3n) is 2.59. The Bertz CT molecular complexity index is 587. The summed E-state index contributed by atoms with van der Waals surface area (Å²) in [5.41, 5.74) is 0.882. The van der Waals surface area contributed by atoms with Crippen LogP contribution >= 0.6 is 11.8 Å². The fourth-order valence-corrected chi connectivity index (χ4v) is 2.55. The molecule has 18 heavy (non-hydrogen) atoms. The zero-order valence-corrected chi connectivity index (χ0v) is 11.7. The predicted octanol–water partition coefficient (Wildman–Crippen LogP) is 2.63. The van der Waals surface area contributed by atoms with Crippen molar-refractivity contribution in [3.05, 3.63) is 12.0 Å². The number of carbonyl (C=O) groups excluding carboxylic acids is 1. The smallest absolute Gasteiger partial charge is 0.262 e. The molecule has 5 nitrogen and oxygen atoms in total. The van der Waals surface area contributed by atoms with Crippen LogP contribution in [0.5, 0.6) is 0 Å². The normalized spacial score (nSPS) is 12.0. The van der Waals surface area contributed by atoms with E-state index in [0.717, 1.165) is 16.1 Å². The molecule has 0 spiro atoms. The summed E-state index contributed by atoms with van der Waals surface area (Å²) in [5, 5.41) is 5.40. The van der Waals surface area contributed by atoms with Gasteiger partial charge in [0.25, 0.3) is 5.71 Å². The van der Waals surface area contributed by atoms with Gasteiger partial charge in [-0.2, -0.15) is 4.98 Å². The minimum absolute atomic E-state index is 0.188. The SMILES string of the molecule is Cc1noc2ncnc(SCC(=O)C(C)(C)C)c12. The number of rotatable bonds is 3. The van der Waals surface area contributed by atoms with Gasteiger partial charge in [-0.15, -0.1) is 0 Å². The van der Waals surface area contributed by atoms with Crippen molar-refractivity contribution in [2.45, 2.75) is 32.7 Å². The molecule has 2 heterocycles. The number of Topliss-reactive ketones (excluding diaryl/α,β-unsaturated/α-hetero) is 1. The number of hydrogen-bond donors (Lipinski definition) is 0. The molecule has 0 saturated heterocycles. The van der Waals surface area contributed by atoms with Gasteiger partial charge in [0.1, 0.15) is 17.1 Å². The molecular weight excluding hydrogens is 250 g/mol. The molecule has 0 aliphatic rings. The van der Waals surface area contributed by atoms with Crippen molar-refractivity contribution in [2.75, 3.05) is 5.75 Å². The van der Waals surface area contributed by atoms with Crippen LogP contribution in [0.3, 0.4) is 0 Å². The molecule has 0 atom stereocenters. The topological polar surface area (TPSA) is 68.9 Å². The maximum Gasteiger partial charge on any atom is 0.262 e. The van der Waals surface area contributed by atoms with Crippen LogP contribution < -0.4 is 0 Å². The zero-order valence-electron chi connectivity index (χ0n) is 10.9. The van der Waals surface area contributed by atoms with Gasteiger partial charge in [0, 0.05) is 5.41 Å². The van der Waals surface area contributed by atoms with E-state index in [4.69, 9.17) is 4.52 Å². The third-order valence-corrected chi connectivity index (χ3v) is 3.57. The number of aryl methyl sites for hydroxylation is 1. The molecule has 0 fully saturated rings. The van der Waals surface area contributed by atoms with Gasteiger partial charge < -0.3 is 4.52 Å². The van der Waals surface area contributed by atoms with E-state index >= 15 is 0 Å². The molecule has 96 valence electrons. The van der Waals surface area contributed by atoms with Crippen LogP contribution in [0.25, 0.3) is 11.1 Å². The van der Waals surface area contributed by atoms with Gasteiger partial charge in [0.05, 0.1) is 16.8 Å². The molecule has 2 aromatic rings. The maximum absolute atomic E-state index is 11.9. The summed E-state index contributed by atoms with van der Waals surface area (Å²) < 4.78 is 5.06. The fourth-order valence-electron chi connectivity index (χ4n) is 1.35. The molecule has 2 aromatic heterocycles. The third kappa shape index (κ3) is 2.53. The lowest BCUT2D eigenvalue weighted by atomic mass is 9.92. The van der Waals surface area contributed by atoms with Crippen LogP contribution in [0.15, 0.2) is 15.9 Å². The van der Waals surface area contributed by atoms with E-state index in [1.165, 1.54) is 18.1 Å². The second-order valence-electron chi connectivity index (χ2n) is 5.09. The van der Waals surface area contributed by atoms with Crippen molar-refractivity contribution in [1.82, 2.24) is 15.1 Å². The molecule has 0 saturated carbocycles. The van der Waals surface area contributed by atoms with E-state index in [1.807, 2.05) is 27.7 Å². The highest BCUT2D eigenvalue weighted by molar-refractivity contribution is 8.00. The quantitative estimate of drug-likeness (QED) is 0.627. The van der Waals surface area contributed by atoms with Crippen LogP contribution in [0, 0.1) is 12.3 Å². The van der Waals surface area contributed by atoms with Gasteiger partial charge >= 0.3 is 0 Å². The first kappa shape index (κ1) is 13.0. The molecule has 2 rings (SSSR count). The highest BCUT2D eigenvalue weighted by Gasteiger charge is 2.22.